The van der Waals surface area contributed by atoms with Gasteiger partial charge in [-0.05, 0) is 35.4 Å². The third-order valence-electron chi connectivity index (χ3n) is 3.83. The third kappa shape index (κ3) is 3.46. The van der Waals surface area contributed by atoms with Crippen molar-refractivity contribution in [2.24, 2.45) is 0 Å². The Morgan fingerprint density at radius 2 is 2.00 bits per heavy atom. The number of nitrogens with zero attached hydrogens (tertiary/aromatic N) is 1. The van der Waals surface area contributed by atoms with E-state index in [1.807, 2.05) is 48.0 Å². The summed E-state index contributed by atoms with van der Waals surface area (Å²) in [6.45, 7) is 2.59. The van der Waals surface area contributed by atoms with Crippen LogP contribution < -0.4 is 10.6 Å². The number of aromatic nitrogens is 2. The molecule has 124 valence electrons. The fourth-order valence-corrected chi connectivity index (χ4v) is 3.16. The highest BCUT2D eigenvalue weighted by molar-refractivity contribution is 7.08. The molecule has 0 saturated carbocycles. The Hall–Kier alpha value is -2.67. The summed E-state index contributed by atoms with van der Waals surface area (Å²) in [5.41, 5.74) is 2.19. The van der Waals surface area contributed by atoms with Crippen LogP contribution in [-0.4, -0.2) is 35.1 Å². The van der Waals surface area contributed by atoms with Gasteiger partial charge in [0.1, 0.15) is 0 Å². The largest absolute Gasteiger partial charge is 0.354 e. The Morgan fingerprint density at radius 1 is 1.21 bits per heavy atom. The quantitative estimate of drug-likeness (QED) is 0.601. The SMILES string of the molecule is C[C@H](C(=O)NCCNC(=O)c1n[nH]c2ccccc12)c1ccsc1. The van der Waals surface area contributed by atoms with Gasteiger partial charge >= 0.3 is 0 Å². The van der Waals surface area contributed by atoms with E-state index in [-0.39, 0.29) is 17.7 Å². The monoisotopic (exact) mass is 342 g/mol. The van der Waals surface area contributed by atoms with Crippen LogP contribution in [0.4, 0.5) is 0 Å². The highest BCUT2D eigenvalue weighted by Gasteiger charge is 2.16. The average molecular weight is 342 g/mol. The predicted molar refractivity (Wildman–Crippen MR) is 94.2 cm³/mol. The minimum atomic E-state index is -0.257. The van der Waals surface area contributed by atoms with Gasteiger partial charge in [0.15, 0.2) is 5.69 Å². The number of thiophene rings is 1. The highest BCUT2D eigenvalue weighted by Crippen LogP contribution is 2.18. The maximum Gasteiger partial charge on any atom is 0.272 e. The van der Waals surface area contributed by atoms with Crippen molar-refractivity contribution in [3.8, 4) is 0 Å². The van der Waals surface area contributed by atoms with Crippen molar-refractivity contribution in [3.63, 3.8) is 0 Å². The molecular formula is C17H18N4O2S. The molecular weight excluding hydrogens is 324 g/mol. The number of fused-ring (bicyclic) bond motifs is 1. The number of hydrogen-bond acceptors (Lipinski definition) is 4. The summed E-state index contributed by atoms with van der Waals surface area (Å²) in [5.74, 6) is -0.498. The molecule has 0 spiro atoms. The van der Waals surface area contributed by atoms with Crippen LogP contribution >= 0.6 is 11.3 Å². The first-order valence-electron chi connectivity index (χ1n) is 7.68. The molecule has 1 atom stereocenters. The molecule has 0 aliphatic carbocycles. The summed E-state index contributed by atoms with van der Waals surface area (Å²) < 4.78 is 0. The van der Waals surface area contributed by atoms with Crippen LogP contribution in [0.3, 0.4) is 0 Å². The number of para-hydroxylation sites is 1. The standard InChI is InChI=1S/C17H18N4O2S/c1-11(12-6-9-24-10-12)16(22)18-7-8-19-17(23)15-13-4-2-3-5-14(13)20-21-15/h2-6,9-11H,7-8H2,1H3,(H,18,22)(H,19,23)(H,20,21)/t11-/m0/s1. The van der Waals surface area contributed by atoms with E-state index in [1.54, 1.807) is 11.3 Å². The van der Waals surface area contributed by atoms with Gasteiger partial charge in [-0.25, -0.2) is 0 Å². The first-order valence-corrected chi connectivity index (χ1v) is 8.62. The van der Waals surface area contributed by atoms with Gasteiger partial charge in [0.05, 0.1) is 11.4 Å². The lowest BCUT2D eigenvalue weighted by molar-refractivity contribution is -0.122. The second kappa shape index (κ2) is 7.27. The van der Waals surface area contributed by atoms with Gasteiger partial charge in [0.25, 0.3) is 5.91 Å². The number of benzene rings is 1. The second-order valence-corrected chi connectivity index (χ2v) is 6.22. The van der Waals surface area contributed by atoms with E-state index in [0.717, 1.165) is 16.5 Å². The van der Waals surface area contributed by atoms with Crippen molar-refractivity contribution in [2.45, 2.75) is 12.8 Å². The topological polar surface area (TPSA) is 86.9 Å². The van der Waals surface area contributed by atoms with E-state index in [9.17, 15) is 9.59 Å². The van der Waals surface area contributed by atoms with Gasteiger partial charge in [-0.1, -0.05) is 18.2 Å². The van der Waals surface area contributed by atoms with Crippen molar-refractivity contribution < 1.29 is 9.59 Å². The van der Waals surface area contributed by atoms with Crippen LogP contribution in [0.15, 0.2) is 41.1 Å². The zero-order chi connectivity index (χ0) is 16.9. The molecule has 0 bridgehead atoms. The van der Waals surface area contributed by atoms with E-state index in [1.165, 1.54) is 0 Å². The fourth-order valence-electron chi connectivity index (χ4n) is 2.41. The van der Waals surface area contributed by atoms with Crippen LogP contribution in [0, 0.1) is 0 Å². The van der Waals surface area contributed by atoms with Crippen molar-refractivity contribution >= 4 is 34.1 Å². The van der Waals surface area contributed by atoms with Crippen molar-refractivity contribution in [3.05, 3.63) is 52.3 Å². The molecule has 2 aromatic heterocycles. The summed E-state index contributed by atoms with van der Waals surface area (Å²) >= 11 is 1.57. The number of carbonyl (C=O) groups excluding carboxylic acids is 2. The zero-order valence-electron chi connectivity index (χ0n) is 13.2. The Kier molecular flexibility index (Phi) is 4.90. The number of hydrogen-bond donors (Lipinski definition) is 3. The van der Waals surface area contributed by atoms with Crippen LogP contribution in [0.1, 0.15) is 28.9 Å². The second-order valence-electron chi connectivity index (χ2n) is 5.44. The zero-order valence-corrected chi connectivity index (χ0v) is 14.0. The molecule has 3 aromatic rings. The van der Waals surface area contributed by atoms with Gasteiger partial charge in [0.2, 0.25) is 5.91 Å². The number of amides is 2. The minimum Gasteiger partial charge on any atom is -0.354 e. The first-order chi connectivity index (χ1) is 11.7. The number of rotatable bonds is 6. The lowest BCUT2D eigenvalue weighted by Gasteiger charge is -2.11. The van der Waals surface area contributed by atoms with E-state index >= 15 is 0 Å². The molecule has 2 amide bonds. The Balaban J connectivity index is 1.48. The Labute approximate surface area is 143 Å². The molecule has 6 nitrogen and oxygen atoms in total. The van der Waals surface area contributed by atoms with Gasteiger partial charge in [-0.2, -0.15) is 16.4 Å². The molecule has 3 rings (SSSR count). The van der Waals surface area contributed by atoms with Gasteiger partial charge < -0.3 is 10.6 Å². The third-order valence-corrected chi connectivity index (χ3v) is 4.53. The maximum atomic E-state index is 12.2. The Morgan fingerprint density at radius 3 is 2.79 bits per heavy atom. The van der Waals surface area contributed by atoms with Gasteiger partial charge in [0, 0.05) is 18.5 Å². The van der Waals surface area contributed by atoms with E-state index < -0.39 is 0 Å². The van der Waals surface area contributed by atoms with Gasteiger partial charge in [-0.3, -0.25) is 14.7 Å². The smallest absolute Gasteiger partial charge is 0.272 e. The molecule has 0 fully saturated rings. The normalized spacial score (nSPS) is 12.0. The molecule has 7 heteroatoms. The highest BCUT2D eigenvalue weighted by atomic mass is 32.1. The lowest BCUT2D eigenvalue weighted by Crippen LogP contribution is -2.36. The maximum absolute atomic E-state index is 12.2. The summed E-state index contributed by atoms with van der Waals surface area (Å²) in [6, 6.07) is 9.40. The number of H-pyrrole nitrogens is 1. The summed E-state index contributed by atoms with van der Waals surface area (Å²) in [4.78, 5) is 24.2. The molecule has 1 aromatic carbocycles. The first kappa shape index (κ1) is 16.2. The number of nitrogens with one attached hydrogen (secondary N) is 3. The van der Waals surface area contributed by atoms with Crippen molar-refractivity contribution in [1.29, 1.82) is 0 Å². The van der Waals surface area contributed by atoms with Crippen LogP contribution in [-0.2, 0) is 4.79 Å². The number of carbonyl (C=O) groups is 2. The van der Waals surface area contributed by atoms with Crippen LogP contribution in [0.5, 0.6) is 0 Å². The lowest BCUT2D eigenvalue weighted by atomic mass is 10.0. The number of aromatic amines is 1. The molecule has 24 heavy (non-hydrogen) atoms. The molecule has 2 heterocycles. The van der Waals surface area contributed by atoms with E-state index in [4.69, 9.17) is 0 Å². The van der Waals surface area contributed by atoms with E-state index in [0.29, 0.717) is 18.8 Å². The van der Waals surface area contributed by atoms with Crippen molar-refractivity contribution in [1.82, 2.24) is 20.8 Å². The van der Waals surface area contributed by atoms with Crippen LogP contribution in [0.25, 0.3) is 10.9 Å². The molecule has 0 unspecified atom stereocenters. The molecule has 0 aliphatic heterocycles. The average Bonchev–Trinajstić information content (AvgIpc) is 3.26. The van der Waals surface area contributed by atoms with Gasteiger partial charge in [-0.15, -0.1) is 0 Å². The Bertz CT molecular complexity index is 841. The van der Waals surface area contributed by atoms with Crippen molar-refractivity contribution in [2.75, 3.05) is 13.1 Å². The van der Waals surface area contributed by atoms with Crippen LogP contribution in [0.2, 0.25) is 0 Å². The molecule has 0 aliphatic rings. The fraction of sp³-hybridized carbons (Fsp3) is 0.235. The summed E-state index contributed by atoms with van der Waals surface area (Å²) in [6.07, 6.45) is 0. The molecule has 0 radical (unpaired) electrons. The summed E-state index contributed by atoms with van der Waals surface area (Å²) in [5, 5.41) is 17.2. The minimum absolute atomic E-state index is 0.0483. The summed E-state index contributed by atoms with van der Waals surface area (Å²) in [7, 11) is 0. The predicted octanol–water partition coefficient (Wildman–Crippen LogP) is 2.27. The molecule has 3 N–H and O–H groups in total. The van der Waals surface area contributed by atoms with E-state index in [2.05, 4.69) is 20.8 Å². The molecule has 0 saturated heterocycles.